The zero-order valence-corrected chi connectivity index (χ0v) is 11.1. The van der Waals surface area contributed by atoms with E-state index in [1.807, 2.05) is 0 Å². The largest absolute Gasteiger partial charge is 0.355 e. The third kappa shape index (κ3) is 2.15. The second-order valence-electron chi connectivity index (χ2n) is 5.33. The number of pyridine rings is 1. The van der Waals surface area contributed by atoms with Gasteiger partial charge in [0.25, 0.3) is 5.69 Å². The quantitative estimate of drug-likeness (QED) is 0.660. The molecule has 0 aromatic carbocycles. The lowest BCUT2D eigenvalue weighted by Crippen LogP contribution is -2.30. The first kappa shape index (κ1) is 12.6. The average Bonchev–Trinajstić information content (AvgIpc) is 2.92. The van der Waals surface area contributed by atoms with Crippen LogP contribution in [0.5, 0.6) is 0 Å². The molecular formula is C12H15ClN4O2. The van der Waals surface area contributed by atoms with Crippen molar-refractivity contribution >= 4 is 23.1 Å². The fourth-order valence-corrected chi connectivity index (χ4v) is 3.51. The smallest absolute Gasteiger partial charge is 0.289 e. The summed E-state index contributed by atoms with van der Waals surface area (Å²) in [6.45, 7) is 1.74. The lowest BCUT2D eigenvalue weighted by molar-refractivity contribution is -0.385. The van der Waals surface area contributed by atoms with E-state index in [0.717, 1.165) is 25.9 Å². The van der Waals surface area contributed by atoms with Crippen LogP contribution in [0.4, 0.5) is 11.5 Å². The number of nitrogens with two attached hydrogens (primary N) is 1. The Balaban J connectivity index is 1.82. The number of halogens is 1. The Labute approximate surface area is 115 Å². The summed E-state index contributed by atoms with van der Waals surface area (Å²) >= 11 is 6.11. The number of fused-ring (bicyclic) bond motifs is 1. The molecule has 0 spiro atoms. The molecule has 1 aliphatic carbocycles. The Kier molecular flexibility index (Phi) is 3.06. The number of nitrogens with zero attached hydrogens (tertiary/aromatic N) is 3. The van der Waals surface area contributed by atoms with E-state index in [2.05, 4.69) is 9.88 Å². The van der Waals surface area contributed by atoms with Crippen molar-refractivity contribution in [1.29, 1.82) is 0 Å². The molecule has 1 saturated carbocycles. The molecule has 6 nitrogen and oxygen atoms in total. The normalized spacial score (nSPS) is 29.6. The van der Waals surface area contributed by atoms with Gasteiger partial charge in [0, 0.05) is 25.2 Å². The van der Waals surface area contributed by atoms with Gasteiger partial charge in [0.05, 0.1) is 9.95 Å². The van der Waals surface area contributed by atoms with Crippen LogP contribution >= 0.6 is 11.6 Å². The lowest BCUT2D eigenvalue weighted by Gasteiger charge is -2.20. The van der Waals surface area contributed by atoms with Gasteiger partial charge >= 0.3 is 0 Å². The monoisotopic (exact) mass is 282 g/mol. The lowest BCUT2D eigenvalue weighted by atomic mass is 9.98. The minimum Gasteiger partial charge on any atom is -0.355 e. The van der Waals surface area contributed by atoms with Crippen LogP contribution in [-0.4, -0.2) is 29.0 Å². The van der Waals surface area contributed by atoms with Crippen LogP contribution in [0.2, 0.25) is 5.02 Å². The highest BCUT2D eigenvalue weighted by molar-refractivity contribution is 6.33. The van der Waals surface area contributed by atoms with Crippen LogP contribution in [0.15, 0.2) is 12.3 Å². The standard InChI is InChI=1S/C12H15ClN4O2/c13-10-3-8(17(18)19)4-15-12(10)16-5-7-1-2-11(14)9(7)6-16/h3-4,7,9,11H,1-2,5-6,14H2. The average molecular weight is 283 g/mol. The number of nitro groups is 1. The van der Waals surface area contributed by atoms with Gasteiger partial charge in [-0.3, -0.25) is 10.1 Å². The summed E-state index contributed by atoms with van der Waals surface area (Å²) in [7, 11) is 0. The summed E-state index contributed by atoms with van der Waals surface area (Å²) in [4.78, 5) is 16.4. The van der Waals surface area contributed by atoms with Gasteiger partial charge < -0.3 is 10.6 Å². The molecule has 2 heterocycles. The number of aromatic nitrogens is 1. The summed E-state index contributed by atoms with van der Waals surface area (Å²) in [6, 6.07) is 1.62. The van der Waals surface area contributed by atoms with Crippen molar-refractivity contribution in [3.05, 3.63) is 27.4 Å². The second-order valence-corrected chi connectivity index (χ2v) is 5.73. The first-order valence-electron chi connectivity index (χ1n) is 6.36. The predicted octanol–water partition coefficient (Wildman–Crippen LogP) is 1.82. The maximum atomic E-state index is 10.7. The molecular weight excluding hydrogens is 268 g/mol. The zero-order valence-electron chi connectivity index (χ0n) is 10.3. The van der Waals surface area contributed by atoms with E-state index in [9.17, 15) is 10.1 Å². The number of hydrogen-bond acceptors (Lipinski definition) is 5. The molecule has 2 fully saturated rings. The highest BCUT2D eigenvalue weighted by atomic mass is 35.5. The first-order valence-corrected chi connectivity index (χ1v) is 6.74. The minimum atomic E-state index is -0.489. The maximum absolute atomic E-state index is 10.7. The van der Waals surface area contributed by atoms with E-state index in [1.54, 1.807) is 0 Å². The molecule has 2 N–H and O–H groups in total. The van der Waals surface area contributed by atoms with Crippen LogP contribution in [0.3, 0.4) is 0 Å². The summed E-state index contributed by atoms with van der Waals surface area (Å²) in [5.74, 6) is 1.73. The molecule has 0 radical (unpaired) electrons. The molecule has 1 aromatic rings. The van der Waals surface area contributed by atoms with E-state index in [0.29, 0.717) is 22.7 Å². The van der Waals surface area contributed by atoms with E-state index < -0.39 is 4.92 Å². The van der Waals surface area contributed by atoms with Gasteiger partial charge in [-0.25, -0.2) is 4.98 Å². The molecule has 0 amide bonds. The van der Waals surface area contributed by atoms with E-state index >= 15 is 0 Å². The van der Waals surface area contributed by atoms with Crippen molar-refractivity contribution in [2.75, 3.05) is 18.0 Å². The van der Waals surface area contributed by atoms with E-state index in [-0.39, 0.29) is 11.7 Å². The summed E-state index contributed by atoms with van der Waals surface area (Å²) in [5.41, 5.74) is 6.01. The molecule has 102 valence electrons. The van der Waals surface area contributed by atoms with Crippen molar-refractivity contribution in [3.63, 3.8) is 0 Å². The third-order valence-corrected chi connectivity index (χ3v) is 4.51. The highest BCUT2D eigenvalue weighted by Gasteiger charge is 2.41. The number of hydrogen-bond donors (Lipinski definition) is 1. The molecule has 1 aromatic heterocycles. The van der Waals surface area contributed by atoms with Gasteiger partial charge in [0.15, 0.2) is 0 Å². The van der Waals surface area contributed by atoms with Gasteiger partial charge in [0.2, 0.25) is 0 Å². The molecule has 19 heavy (non-hydrogen) atoms. The van der Waals surface area contributed by atoms with Crippen molar-refractivity contribution in [3.8, 4) is 0 Å². The molecule has 3 rings (SSSR count). The van der Waals surface area contributed by atoms with Gasteiger partial charge in [-0.15, -0.1) is 0 Å². The fourth-order valence-electron chi connectivity index (χ4n) is 3.23. The molecule has 1 saturated heterocycles. The molecule has 0 bridgehead atoms. The molecule has 7 heteroatoms. The van der Waals surface area contributed by atoms with E-state index in [4.69, 9.17) is 17.3 Å². The number of rotatable bonds is 2. The Morgan fingerprint density at radius 3 is 2.89 bits per heavy atom. The maximum Gasteiger partial charge on any atom is 0.289 e. The predicted molar refractivity (Wildman–Crippen MR) is 72.3 cm³/mol. The Bertz CT molecular complexity index is 524. The number of anilines is 1. The molecule has 3 atom stereocenters. The van der Waals surface area contributed by atoms with Crippen molar-refractivity contribution in [1.82, 2.24) is 4.98 Å². The van der Waals surface area contributed by atoms with Crippen LogP contribution in [0.25, 0.3) is 0 Å². The molecule has 3 unspecified atom stereocenters. The van der Waals surface area contributed by atoms with Crippen LogP contribution in [-0.2, 0) is 0 Å². The van der Waals surface area contributed by atoms with Crippen molar-refractivity contribution in [2.45, 2.75) is 18.9 Å². The van der Waals surface area contributed by atoms with Crippen molar-refractivity contribution < 1.29 is 4.92 Å². The molecule has 1 aliphatic heterocycles. The summed E-state index contributed by atoms with van der Waals surface area (Å²) in [6.07, 6.45) is 3.49. The first-order chi connectivity index (χ1) is 9.06. The van der Waals surface area contributed by atoms with Gasteiger partial charge in [-0.1, -0.05) is 11.6 Å². The van der Waals surface area contributed by atoms with Crippen LogP contribution < -0.4 is 10.6 Å². The van der Waals surface area contributed by atoms with Gasteiger partial charge in [0.1, 0.15) is 12.0 Å². The Hall–Kier alpha value is -1.40. The van der Waals surface area contributed by atoms with E-state index in [1.165, 1.54) is 12.3 Å². The van der Waals surface area contributed by atoms with Crippen molar-refractivity contribution in [2.24, 2.45) is 17.6 Å². The summed E-state index contributed by atoms with van der Waals surface area (Å²) in [5, 5.41) is 11.0. The molecule has 2 aliphatic rings. The summed E-state index contributed by atoms with van der Waals surface area (Å²) < 4.78 is 0. The fraction of sp³-hybridized carbons (Fsp3) is 0.583. The Morgan fingerprint density at radius 2 is 2.26 bits per heavy atom. The Morgan fingerprint density at radius 1 is 1.47 bits per heavy atom. The zero-order chi connectivity index (χ0) is 13.6. The second kappa shape index (κ2) is 4.61. The minimum absolute atomic E-state index is 0.0788. The third-order valence-electron chi connectivity index (χ3n) is 4.23. The highest BCUT2D eigenvalue weighted by Crippen LogP contribution is 2.40. The van der Waals surface area contributed by atoms with Crippen LogP contribution in [0, 0.1) is 22.0 Å². The topological polar surface area (TPSA) is 85.3 Å². The van der Waals surface area contributed by atoms with Gasteiger partial charge in [-0.05, 0) is 24.7 Å². The van der Waals surface area contributed by atoms with Gasteiger partial charge in [-0.2, -0.15) is 0 Å². The SMILES string of the molecule is NC1CCC2CN(c3ncc([N+](=O)[O-])cc3Cl)CC12. The van der Waals surface area contributed by atoms with Crippen LogP contribution in [0.1, 0.15) is 12.8 Å².